The lowest BCUT2D eigenvalue weighted by atomic mass is 10.3. The first-order chi connectivity index (χ1) is 12.9. The summed E-state index contributed by atoms with van der Waals surface area (Å²) >= 11 is 0. The lowest BCUT2D eigenvalue weighted by Gasteiger charge is -2.14. The molecular formula is C22H23NO3. The molecule has 26 heavy (non-hydrogen) atoms. The summed E-state index contributed by atoms with van der Waals surface area (Å²) in [7, 11) is 0. The largest absolute Gasteiger partial charge is 0.492 e. The van der Waals surface area contributed by atoms with Crippen molar-refractivity contribution in [2.75, 3.05) is 31.7 Å². The highest BCUT2D eigenvalue weighted by molar-refractivity contribution is 5.56. The molecule has 0 radical (unpaired) electrons. The van der Waals surface area contributed by atoms with Gasteiger partial charge in [-0.25, -0.2) is 0 Å². The molecule has 0 spiro atoms. The van der Waals surface area contributed by atoms with Crippen LogP contribution in [0.25, 0.3) is 0 Å². The molecule has 3 aromatic carbocycles. The predicted molar refractivity (Wildman–Crippen MR) is 104 cm³/mol. The summed E-state index contributed by atoms with van der Waals surface area (Å²) in [5.41, 5.74) is 0.948. The first-order valence-corrected chi connectivity index (χ1v) is 8.73. The number of para-hydroxylation sites is 4. The Morgan fingerprint density at radius 3 is 1.77 bits per heavy atom. The molecule has 0 aliphatic heterocycles. The summed E-state index contributed by atoms with van der Waals surface area (Å²) in [6.07, 6.45) is 0. The molecule has 3 rings (SSSR count). The molecule has 0 amide bonds. The third-order valence-electron chi connectivity index (χ3n) is 3.67. The van der Waals surface area contributed by atoms with Crippen molar-refractivity contribution in [2.45, 2.75) is 0 Å². The van der Waals surface area contributed by atoms with Crippen LogP contribution in [-0.2, 0) is 0 Å². The molecule has 0 unspecified atom stereocenters. The molecule has 4 nitrogen and oxygen atoms in total. The van der Waals surface area contributed by atoms with E-state index in [-0.39, 0.29) is 0 Å². The summed E-state index contributed by atoms with van der Waals surface area (Å²) in [6.45, 7) is 2.24. The number of hydrogen-bond acceptors (Lipinski definition) is 4. The average molecular weight is 349 g/mol. The van der Waals surface area contributed by atoms with E-state index in [0.717, 1.165) is 22.9 Å². The second-order valence-electron chi connectivity index (χ2n) is 5.59. The SMILES string of the molecule is c1ccc(OCCNc2ccccc2OCCOc2ccccc2)cc1. The van der Waals surface area contributed by atoms with Crippen molar-refractivity contribution in [3.05, 3.63) is 84.9 Å². The molecule has 0 atom stereocenters. The van der Waals surface area contributed by atoms with Crippen LogP contribution in [-0.4, -0.2) is 26.4 Å². The molecular weight excluding hydrogens is 326 g/mol. The highest BCUT2D eigenvalue weighted by Crippen LogP contribution is 2.23. The van der Waals surface area contributed by atoms with Gasteiger partial charge in [-0.15, -0.1) is 0 Å². The van der Waals surface area contributed by atoms with Gasteiger partial charge in [0.25, 0.3) is 0 Å². The first-order valence-electron chi connectivity index (χ1n) is 8.73. The predicted octanol–water partition coefficient (Wildman–Crippen LogP) is 4.64. The van der Waals surface area contributed by atoms with Crippen LogP contribution in [0, 0.1) is 0 Å². The Morgan fingerprint density at radius 2 is 1.08 bits per heavy atom. The summed E-state index contributed by atoms with van der Waals surface area (Å²) < 4.78 is 17.2. The van der Waals surface area contributed by atoms with Gasteiger partial charge < -0.3 is 19.5 Å². The van der Waals surface area contributed by atoms with Gasteiger partial charge in [-0.2, -0.15) is 0 Å². The molecule has 0 fully saturated rings. The third-order valence-corrected chi connectivity index (χ3v) is 3.67. The zero-order chi connectivity index (χ0) is 17.9. The molecule has 0 saturated heterocycles. The Bertz CT molecular complexity index is 696. The van der Waals surface area contributed by atoms with Crippen molar-refractivity contribution in [3.63, 3.8) is 0 Å². The molecule has 0 aliphatic rings. The summed E-state index contributed by atoms with van der Waals surface area (Å²) in [4.78, 5) is 0. The van der Waals surface area contributed by atoms with E-state index in [0.29, 0.717) is 26.4 Å². The van der Waals surface area contributed by atoms with Crippen LogP contribution in [0.5, 0.6) is 17.2 Å². The van der Waals surface area contributed by atoms with Crippen molar-refractivity contribution >= 4 is 5.69 Å². The number of benzene rings is 3. The van der Waals surface area contributed by atoms with Crippen LogP contribution < -0.4 is 19.5 Å². The van der Waals surface area contributed by atoms with Gasteiger partial charge in [0.2, 0.25) is 0 Å². The van der Waals surface area contributed by atoms with Crippen LogP contribution in [0.1, 0.15) is 0 Å². The number of hydrogen-bond donors (Lipinski definition) is 1. The highest BCUT2D eigenvalue weighted by Gasteiger charge is 2.03. The number of rotatable bonds is 10. The molecule has 0 bridgehead atoms. The fraction of sp³-hybridized carbons (Fsp3) is 0.182. The summed E-state index contributed by atoms with van der Waals surface area (Å²) in [5, 5.41) is 3.35. The van der Waals surface area contributed by atoms with Crippen LogP contribution in [0.2, 0.25) is 0 Å². The Labute approximate surface area is 154 Å². The minimum absolute atomic E-state index is 0.480. The molecule has 0 aliphatic carbocycles. The summed E-state index contributed by atoms with van der Waals surface area (Å²) in [6, 6.07) is 27.4. The van der Waals surface area contributed by atoms with E-state index in [1.54, 1.807) is 0 Å². The lowest BCUT2D eigenvalue weighted by molar-refractivity contribution is 0.217. The maximum absolute atomic E-state index is 5.85. The van der Waals surface area contributed by atoms with Gasteiger partial charge in [0.05, 0.1) is 5.69 Å². The van der Waals surface area contributed by atoms with E-state index >= 15 is 0 Å². The normalized spacial score (nSPS) is 10.2. The Balaban J connectivity index is 1.41. The van der Waals surface area contributed by atoms with Gasteiger partial charge in [-0.3, -0.25) is 0 Å². The Kier molecular flexibility index (Phi) is 6.79. The molecule has 134 valence electrons. The maximum atomic E-state index is 5.85. The van der Waals surface area contributed by atoms with Crippen molar-refractivity contribution in [3.8, 4) is 17.2 Å². The van der Waals surface area contributed by atoms with Crippen LogP contribution in [0.3, 0.4) is 0 Å². The molecule has 0 aromatic heterocycles. The number of nitrogens with one attached hydrogen (secondary N) is 1. The fourth-order valence-corrected chi connectivity index (χ4v) is 2.44. The fourth-order valence-electron chi connectivity index (χ4n) is 2.44. The van der Waals surface area contributed by atoms with E-state index in [9.17, 15) is 0 Å². The molecule has 4 heteroatoms. The van der Waals surface area contributed by atoms with Gasteiger partial charge in [-0.1, -0.05) is 48.5 Å². The number of ether oxygens (including phenoxy) is 3. The van der Waals surface area contributed by atoms with Crippen molar-refractivity contribution < 1.29 is 14.2 Å². The molecule has 3 aromatic rings. The van der Waals surface area contributed by atoms with Crippen molar-refractivity contribution in [1.82, 2.24) is 0 Å². The van der Waals surface area contributed by atoms with Crippen molar-refractivity contribution in [2.24, 2.45) is 0 Å². The topological polar surface area (TPSA) is 39.7 Å². The van der Waals surface area contributed by atoms with Crippen LogP contribution in [0.15, 0.2) is 84.9 Å². The second-order valence-corrected chi connectivity index (χ2v) is 5.59. The summed E-state index contributed by atoms with van der Waals surface area (Å²) in [5.74, 6) is 2.53. The Hall–Kier alpha value is -3.14. The van der Waals surface area contributed by atoms with Gasteiger partial charge in [0.1, 0.15) is 37.1 Å². The van der Waals surface area contributed by atoms with Crippen LogP contribution in [0.4, 0.5) is 5.69 Å². The van der Waals surface area contributed by atoms with Gasteiger partial charge >= 0.3 is 0 Å². The standard InChI is InChI=1S/C22H23NO3/c1-3-9-19(10-4-1)24-16-15-23-21-13-7-8-14-22(21)26-18-17-25-20-11-5-2-6-12-20/h1-14,23H,15-18H2. The minimum Gasteiger partial charge on any atom is -0.492 e. The van der Waals surface area contributed by atoms with E-state index in [1.165, 1.54) is 0 Å². The second kappa shape index (κ2) is 9.99. The monoisotopic (exact) mass is 349 g/mol. The smallest absolute Gasteiger partial charge is 0.142 e. The van der Waals surface area contributed by atoms with Crippen molar-refractivity contribution in [1.29, 1.82) is 0 Å². The highest BCUT2D eigenvalue weighted by atomic mass is 16.5. The van der Waals surface area contributed by atoms with E-state index in [2.05, 4.69) is 5.32 Å². The van der Waals surface area contributed by atoms with E-state index in [4.69, 9.17) is 14.2 Å². The van der Waals surface area contributed by atoms with E-state index < -0.39 is 0 Å². The quantitative estimate of drug-likeness (QED) is 0.542. The Morgan fingerprint density at radius 1 is 0.538 bits per heavy atom. The number of anilines is 1. The first kappa shape index (κ1) is 17.7. The minimum atomic E-state index is 0.480. The molecule has 0 saturated carbocycles. The lowest BCUT2D eigenvalue weighted by Crippen LogP contribution is -2.13. The average Bonchev–Trinajstić information content (AvgIpc) is 2.71. The molecule has 1 N–H and O–H groups in total. The van der Waals surface area contributed by atoms with Crippen LogP contribution >= 0.6 is 0 Å². The third kappa shape index (κ3) is 5.74. The zero-order valence-electron chi connectivity index (χ0n) is 14.6. The molecule has 0 heterocycles. The maximum Gasteiger partial charge on any atom is 0.142 e. The van der Waals surface area contributed by atoms with E-state index in [1.807, 2.05) is 84.9 Å². The van der Waals surface area contributed by atoms with Gasteiger partial charge in [0.15, 0.2) is 0 Å². The van der Waals surface area contributed by atoms with Gasteiger partial charge in [0, 0.05) is 6.54 Å². The zero-order valence-corrected chi connectivity index (χ0v) is 14.6. The van der Waals surface area contributed by atoms with Gasteiger partial charge in [-0.05, 0) is 36.4 Å².